The maximum absolute atomic E-state index is 6.58. The Morgan fingerprint density at radius 3 is 1.84 bits per heavy atom. The van der Waals surface area contributed by atoms with Crippen molar-refractivity contribution in [3.63, 3.8) is 0 Å². The molecule has 0 aromatic carbocycles. The minimum Gasteiger partial charge on any atom is -0.314 e. The molecular weight excluding hydrogens is 308 g/mol. The highest BCUT2D eigenvalue weighted by molar-refractivity contribution is 4.92. The molecule has 0 aromatic heterocycles. The molecule has 4 heteroatoms. The van der Waals surface area contributed by atoms with Crippen LogP contribution in [0.3, 0.4) is 0 Å². The van der Waals surface area contributed by atoms with Gasteiger partial charge in [0, 0.05) is 18.5 Å². The smallest absolute Gasteiger partial charge is 0.0762 e. The van der Waals surface area contributed by atoms with Crippen molar-refractivity contribution in [1.82, 2.24) is 16.0 Å². The predicted octanol–water partition coefficient (Wildman–Crippen LogP) is 5.10. The summed E-state index contributed by atoms with van der Waals surface area (Å²) in [4.78, 5) is 0. The number of hydrogen-bond acceptors (Lipinski definition) is 4. The Morgan fingerprint density at radius 1 is 0.800 bits per heavy atom. The molecule has 0 amide bonds. The molecule has 4 N–H and O–H groups in total. The average molecular weight is 355 g/mol. The van der Waals surface area contributed by atoms with Crippen LogP contribution in [0, 0.1) is 5.41 Å². The van der Waals surface area contributed by atoms with Crippen LogP contribution in [0.5, 0.6) is 0 Å². The van der Waals surface area contributed by atoms with Crippen molar-refractivity contribution in [3.8, 4) is 0 Å². The molecular formula is C21H46N4. The maximum atomic E-state index is 6.58. The summed E-state index contributed by atoms with van der Waals surface area (Å²) >= 11 is 0. The molecule has 4 nitrogen and oxygen atoms in total. The summed E-state index contributed by atoms with van der Waals surface area (Å²) in [6.07, 6.45) is 18.5. The zero-order valence-electron chi connectivity index (χ0n) is 17.4. The largest absolute Gasteiger partial charge is 0.314 e. The Kier molecular flexibility index (Phi) is 12.8. The Hall–Kier alpha value is -0.160. The maximum Gasteiger partial charge on any atom is 0.0762 e. The van der Waals surface area contributed by atoms with Crippen molar-refractivity contribution in [2.75, 3.05) is 13.1 Å². The summed E-state index contributed by atoms with van der Waals surface area (Å²) in [5, 5.41) is 2.40. The number of nitrogens with zero attached hydrogens (tertiary/aromatic N) is 1. The minimum atomic E-state index is 0.0719. The first-order chi connectivity index (χ1) is 12.2. The third kappa shape index (κ3) is 8.85. The van der Waals surface area contributed by atoms with Gasteiger partial charge in [-0.3, -0.25) is 0 Å². The van der Waals surface area contributed by atoms with Crippen molar-refractivity contribution in [1.29, 1.82) is 0 Å². The second-order valence-corrected chi connectivity index (χ2v) is 8.20. The Bertz CT molecular complexity index is 296. The summed E-state index contributed by atoms with van der Waals surface area (Å²) < 4.78 is 0. The summed E-state index contributed by atoms with van der Waals surface area (Å²) in [6, 6.07) is 0. The highest BCUT2D eigenvalue weighted by Gasteiger charge is 2.40. The van der Waals surface area contributed by atoms with E-state index in [2.05, 4.69) is 36.7 Å². The summed E-state index contributed by atoms with van der Waals surface area (Å²) in [7, 11) is 0. The molecule has 1 fully saturated rings. The summed E-state index contributed by atoms with van der Waals surface area (Å²) in [6.45, 7) is 9.08. The standard InChI is InChI=1S/C21H46N4/c1-4-7-10-13-16-21(17-14-11-8-5-2)19-25(24-23-20(21)22)18-15-12-9-6-3/h20,23-24H,4-19,22H2,1-3H3. The molecule has 1 heterocycles. The fourth-order valence-corrected chi connectivity index (χ4v) is 4.10. The van der Waals surface area contributed by atoms with Gasteiger partial charge >= 0.3 is 0 Å². The molecule has 0 aromatic rings. The van der Waals surface area contributed by atoms with Crippen molar-refractivity contribution < 1.29 is 0 Å². The quantitative estimate of drug-likeness (QED) is 0.358. The molecule has 0 spiro atoms. The van der Waals surface area contributed by atoms with Gasteiger partial charge in [0.05, 0.1) is 6.17 Å². The van der Waals surface area contributed by atoms with E-state index in [1.807, 2.05) is 0 Å². The van der Waals surface area contributed by atoms with Crippen LogP contribution in [0.2, 0.25) is 0 Å². The lowest BCUT2D eigenvalue weighted by molar-refractivity contribution is -0.0287. The van der Waals surface area contributed by atoms with Gasteiger partial charge in [-0.25, -0.2) is 10.4 Å². The average Bonchev–Trinajstić information content (AvgIpc) is 2.62. The van der Waals surface area contributed by atoms with Gasteiger partial charge in [-0.1, -0.05) is 91.4 Å². The number of hydrazine groups is 2. The van der Waals surface area contributed by atoms with E-state index in [0.717, 1.165) is 13.1 Å². The molecule has 1 unspecified atom stereocenters. The third-order valence-electron chi connectivity index (χ3n) is 5.88. The van der Waals surface area contributed by atoms with Crippen molar-refractivity contribution >= 4 is 0 Å². The van der Waals surface area contributed by atoms with Crippen LogP contribution in [-0.4, -0.2) is 24.3 Å². The van der Waals surface area contributed by atoms with Crippen LogP contribution in [0.4, 0.5) is 0 Å². The molecule has 25 heavy (non-hydrogen) atoms. The summed E-state index contributed by atoms with van der Waals surface area (Å²) in [5.41, 5.74) is 13.6. The van der Waals surface area contributed by atoms with E-state index in [4.69, 9.17) is 5.73 Å². The van der Waals surface area contributed by atoms with Crippen LogP contribution in [0.25, 0.3) is 0 Å². The van der Waals surface area contributed by atoms with Gasteiger partial charge in [0.1, 0.15) is 0 Å². The normalized spacial score (nSPS) is 20.9. The van der Waals surface area contributed by atoms with Crippen LogP contribution >= 0.6 is 0 Å². The van der Waals surface area contributed by atoms with Gasteiger partial charge in [0.2, 0.25) is 0 Å². The molecule has 1 atom stereocenters. The SMILES string of the molecule is CCCCCCN1CC(CCCCCC)(CCCCCC)C(N)NN1. The van der Waals surface area contributed by atoms with Gasteiger partial charge in [-0.2, -0.15) is 5.53 Å². The fourth-order valence-electron chi connectivity index (χ4n) is 4.10. The zero-order valence-corrected chi connectivity index (χ0v) is 17.4. The van der Waals surface area contributed by atoms with Gasteiger partial charge in [0.15, 0.2) is 0 Å². The van der Waals surface area contributed by atoms with E-state index in [1.54, 1.807) is 0 Å². The topological polar surface area (TPSA) is 53.3 Å². The Balaban J connectivity index is 2.57. The Morgan fingerprint density at radius 2 is 1.32 bits per heavy atom. The molecule has 0 saturated carbocycles. The molecule has 1 aliphatic heterocycles. The first kappa shape index (κ1) is 22.9. The number of nitrogens with two attached hydrogens (primary N) is 1. The molecule has 0 bridgehead atoms. The molecule has 1 saturated heterocycles. The van der Waals surface area contributed by atoms with E-state index in [0.29, 0.717) is 0 Å². The monoisotopic (exact) mass is 354 g/mol. The molecule has 0 aliphatic carbocycles. The molecule has 1 aliphatic rings. The highest BCUT2D eigenvalue weighted by Crippen LogP contribution is 2.36. The molecule has 150 valence electrons. The second-order valence-electron chi connectivity index (χ2n) is 8.20. The van der Waals surface area contributed by atoms with Crippen LogP contribution in [0.15, 0.2) is 0 Å². The first-order valence-corrected chi connectivity index (χ1v) is 11.2. The lowest BCUT2D eigenvalue weighted by Crippen LogP contribution is -2.69. The van der Waals surface area contributed by atoms with E-state index < -0.39 is 0 Å². The van der Waals surface area contributed by atoms with E-state index in [9.17, 15) is 0 Å². The summed E-state index contributed by atoms with van der Waals surface area (Å²) in [5.74, 6) is 0. The van der Waals surface area contributed by atoms with E-state index >= 15 is 0 Å². The van der Waals surface area contributed by atoms with Crippen LogP contribution in [0.1, 0.15) is 111 Å². The van der Waals surface area contributed by atoms with Gasteiger partial charge < -0.3 is 5.73 Å². The molecule has 0 radical (unpaired) electrons. The number of hydrogen-bond donors (Lipinski definition) is 3. The third-order valence-corrected chi connectivity index (χ3v) is 5.88. The van der Waals surface area contributed by atoms with Crippen molar-refractivity contribution in [2.24, 2.45) is 11.1 Å². The number of nitrogens with one attached hydrogen (secondary N) is 2. The Labute approximate surface area is 157 Å². The van der Waals surface area contributed by atoms with E-state index in [-0.39, 0.29) is 11.6 Å². The fraction of sp³-hybridized carbons (Fsp3) is 1.00. The van der Waals surface area contributed by atoms with Gasteiger partial charge in [-0.15, -0.1) is 0 Å². The first-order valence-electron chi connectivity index (χ1n) is 11.2. The predicted molar refractivity (Wildman–Crippen MR) is 110 cm³/mol. The highest BCUT2D eigenvalue weighted by atomic mass is 15.7. The van der Waals surface area contributed by atoms with Crippen LogP contribution in [-0.2, 0) is 0 Å². The van der Waals surface area contributed by atoms with Crippen molar-refractivity contribution in [2.45, 2.75) is 117 Å². The lowest BCUT2D eigenvalue weighted by atomic mass is 9.74. The number of rotatable bonds is 15. The van der Waals surface area contributed by atoms with Crippen LogP contribution < -0.4 is 16.7 Å². The second kappa shape index (κ2) is 14.0. The van der Waals surface area contributed by atoms with Crippen molar-refractivity contribution in [3.05, 3.63) is 0 Å². The van der Waals surface area contributed by atoms with Gasteiger partial charge in [0.25, 0.3) is 0 Å². The minimum absolute atomic E-state index is 0.0719. The van der Waals surface area contributed by atoms with E-state index in [1.165, 1.54) is 89.9 Å². The zero-order chi connectivity index (χ0) is 18.4. The lowest BCUT2D eigenvalue weighted by Gasteiger charge is -2.48. The number of unbranched alkanes of at least 4 members (excludes halogenated alkanes) is 9. The molecule has 1 rings (SSSR count). The van der Waals surface area contributed by atoms with Gasteiger partial charge in [-0.05, 0) is 19.3 Å².